The van der Waals surface area contributed by atoms with Crippen molar-refractivity contribution >= 4 is 29.0 Å². The lowest BCUT2D eigenvalue weighted by Crippen LogP contribution is -2.46. The molecule has 0 bridgehead atoms. The first kappa shape index (κ1) is 33.9. The van der Waals surface area contributed by atoms with Crippen molar-refractivity contribution in [3.63, 3.8) is 0 Å². The second-order valence-electron chi connectivity index (χ2n) is 11.9. The van der Waals surface area contributed by atoms with Gasteiger partial charge in [0.15, 0.2) is 17.3 Å². The van der Waals surface area contributed by atoms with Crippen LogP contribution in [-0.2, 0) is 45.5 Å². The Balaban J connectivity index is 1.50. The predicted octanol–water partition coefficient (Wildman–Crippen LogP) is 5.25. The number of nitrogens with one attached hydrogen (secondary N) is 1. The van der Waals surface area contributed by atoms with Gasteiger partial charge < -0.3 is 5.32 Å². The quantitative estimate of drug-likeness (QED) is 0.128. The molecule has 0 radical (unpaired) electrons. The van der Waals surface area contributed by atoms with E-state index in [4.69, 9.17) is 0 Å². The Morgan fingerprint density at radius 2 is 1.30 bits per heavy atom. The molecule has 3 atom stereocenters. The smallest absolute Gasteiger partial charge is 0.223 e. The van der Waals surface area contributed by atoms with Crippen molar-refractivity contribution in [2.45, 2.75) is 58.4 Å². The first-order valence-corrected chi connectivity index (χ1v) is 15.7. The van der Waals surface area contributed by atoms with Crippen LogP contribution in [0.1, 0.15) is 59.1 Å². The van der Waals surface area contributed by atoms with Crippen LogP contribution in [0.3, 0.4) is 0 Å². The molecule has 1 heterocycles. The Bertz CT molecular complexity index is 1650. The van der Waals surface area contributed by atoms with Gasteiger partial charge in [0.2, 0.25) is 11.7 Å². The molecule has 1 N–H and O–H groups in total. The number of hydrogen-bond donors (Lipinski definition) is 1. The minimum absolute atomic E-state index is 0.0498. The van der Waals surface area contributed by atoms with Crippen molar-refractivity contribution in [3.05, 3.63) is 125 Å². The average Bonchev–Trinajstić information content (AvgIpc) is 3.41. The van der Waals surface area contributed by atoms with Crippen molar-refractivity contribution < 1.29 is 24.0 Å². The van der Waals surface area contributed by atoms with Crippen LogP contribution in [0.15, 0.2) is 97.1 Å². The summed E-state index contributed by atoms with van der Waals surface area (Å²) in [5.41, 5.74) is 3.74. The summed E-state index contributed by atoms with van der Waals surface area (Å²) in [6.07, 6.45) is 0.657. The molecule has 1 amide bonds. The van der Waals surface area contributed by atoms with E-state index in [0.717, 1.165) is 16.7 Å². The summed E-state index contributed by atoms with van der Waals surface area (Å²) < 4.78 is 1.50. The van der Waals surface area contributed by atoms with Crippen LogP contribution >= 0.6 is 0 Å². The number of carbonyl (C=O) groups is 5. The van der Waals surface area contributed by atoms with Gasteiger partial charge >= 0.3 is 0 Å². The highest BCUT2D eigenvalue weighted by atomic mass is 16.2. The molecule has 0 aliphatic rings. The van der Waals surface area contributed by atoms with Gasteiger partial charge in [-0.05, 0) is 48.9 Å². The number of nitrogens with zero attached hydrogens (tertiary/aromatic N) is 2. The van der Waals surface area contributed by atoms with Crippen LogP contribution in [-0.4, -0.2) is 44.9 Å². The molecule has 46 heavy (non-hydrogen) atoms. The van der Waals surface area contributed by atoms with Crippen LogP contribution in [0.4, 0.5) is 0 Å². The zero-order chi connectivity index (χ0) is 33.1. The number of aromatic nitrogens is 2. The highest BCUT2D eigenvalue weighted by Gasteiger charge is 2.32. The molecule has 0 unspecified atom stereocenters. The second kappa shape index (κ2) is 16.4. The van der Waals surface area contributed by atoms with Gasteiger partial charge in [-0.3, -0.25) is 28.7 Å². The molecule has 8 nitrogen and oxygen atoms in total. The Morgan fingerprint density at radius 1 is 0.761 bits per heavy atom. The van der Waals surface area contributed by atoms with E-state index in [-0.39, 0.29) is 43.7 Å². The van der Waals surface area contributed by atoms with Crippen molar-refractivity contribution in [2.24, 2.45) is 18.9 Å². The third-order valence-electron chi connectivity index (χ3n) is 8.12. The van der Waals surface area contributed by atoms with E-state index >= 15 is 0 Å². The summed E-state index contributed by atoms with van der Waals surface area (Å²) in [5.74, 6) is -3.69. The molecule has 3 aromatic carbocycles. The molecule has 1 aromatic heterocycles. The lowest BCUT2D eigenvalue weighted by atomic mass is 9.85. The normalized spacial score (nSPS) is 12.9. The Morgan fingerprint density at radius 3 is 1.85 bits per heavy atom. The lowest BCUT2D eigenvalue weighted by molar-refractivity contribution is -0.140. The highest BCUT2D eigenvalue weighted by molar-refractivity contribution is 6.38. The Labute approximate surface area is 270 Å². The van der Waals surface area contributed by atoms with Gasteiger partial charge in [0.25, 0.3) is 0 Å². The highest BCUT2D eigenvalue weighted by Crippen LogP contribution is 2.19. The van der Waals surface area contributed by atoms with E-state index in [1.54, 1.807) is 27.0 Å². The van der Waals surface area contributed by atoms with E-state index in [1.165, 1.54) is 4.68 Å². The fourth-order valence-corrected chi connectivity index (χ4v) is 5.55. The van der Waals surface area contributed by atoms with Gasteiger partial charge in [0.05, 0.1) is 11.7 Å². The van der Waals surface area contributed by atoms with Gasteiger partial charge in [-0.1, -0.05) is 97.9 Å². The molecule has 0 fully saturated rings. The summed E-state index contributed by atoms with van der Waals surface area (Å²) in [6, 6.07) is 28.8. The minimum atomic E-state index is -0.947. The number of aryl methyl sites for hydroxylation is 3. The third kappa shape index (κ3) is 9.76. The van der Waals surface area contributed by atoms with E-state index in [0.29, 0.717) is 17.8 Å². The number of hydrogen-bond acceptors (Lipinski definition) is 6. The molecule has 0 aliphatic heterocycles. The first-order chi connectivity index (χ1) is 22.1. The maximum absolute atomic E-state index is 13.9. The van der Waals surface area contributed by atoms with Crippen molar-refractivity contribution in [1.29, 1.82) is 0 Å². The zero-order valence-corrected chi connectivity index (χ0v) is 26.6. The summed E-state index contributed by atoms with van der Waals surface area (Å²) in [4.78, 5) is 67.0. The lowest BCUT2D eigenvalue weighted by Gasteiger charge is -2.23. The zero-order valence-electron chi connectivity index (χ0n) is 26.6. The van der Waals surface area contributed by atoms with Gasteiger partial charge in [0, 0.05) is 38.1 Å². The molecular weight excluding hydrogens is 578 g/mol. The molecule has 238 valence electrons. The van der Waals surface area contributed by atoms with E-state index in [1.807, 2.05) is 91.0 Å². The number of Topliss-reactive ketones (excluding diaryl/α,β-unsaturated/α-hetero) is 4. The largest absolute Gasteiger partial charge is 0.346 e. The molecular formula is C38H41N3O5. The van der Waals surface area contributed by atoms with Gasteiger partial charge in [-0.15, -0.1) is 0 Å². The van der Waals surface area contributed by atoms with E-state index < -0.39 is 35.4 Å². The average molecular weight is 620 g/mol. The van der Waals surface area contributed by atoms with E-state index in [2.05, 4.69) is 10.4 Å². The van der Waals surface area contributed by atoms with Crippen LogP contribution in [0.5, 0.6) is 0 Å². The Hall–Kier alpha value is -4.98. The maximum Gasteiger partial charge on any atom is 0.223 e. The predicted molar refractivity (Wildman–Crippen MR) is 176 cm³/mol. The number of carbonyl (C=O) groups excluding carboxylic acids is 5. The molecule has 4 rings (SSSR count). The van der Waals surface area contributed by atoms with Crippen LogP contribution in [0, 0.1) is 18.8 Å². The number of rotatable bonds is 17. The van der Waals surface area contributed by atoms with Gasteiger partial charge in [-0.25, -0.2) is 0 Å². The fourth-order valence-electron chi connectivity index (χ4n) is 5.55. The molecule has 0 aliphatic carbocycles. The second-order valence-corrected chi connectivity index (χ2v) is 11.9. The first-order valence-electron chi connectivity index (χ1n) is 15.7. The summed E-state index contributed by atoms with van der Waals surface area (Å²) >= 11 is 0. The van der Waals surface area contributed by atoms with Crippen molar-refractivity contribution in [1.82, 2.24) is 15.1 Å². The minimum Gasteiger partial charge on any atom is -0.346 e. The molecule has 0 saturated heterocycles. The monoisotopic (exact) mass is 619 g/mol. The van der Waals surface area contributed by atoms with Crippen molar-refractivity contribution in [3.8, 4) is 0 Å². The fraction of sp³-hybridized carbons (Fsp3) is 0.316. The van der Waals surface area contributed by atoms with E-state index in [9.17, 15) is 24.0 Å². The number of amides is 1. The van der Waals surface area contributed by atoms with Crippen molar-refractivity contribution in [2.75, 3.05) is 0 Å². The van der Waals surface area contributed by atoms with Gasteiger partial charge in [-0.2, -0.15) is 5.10 Å². The summed E-state index contributed by atoms with van der Waals surface area (Å²) in [5, 5.41) is 7.08. The Kier molecular flexibility index (Phi) is 12.1. The topological polar surface area (TPSA) is 115 Å². The molecule has 4 aromatic rings. The van der Waals surface area contributed by atoms with Crippen LogP contribution in [0.2, 0.25) is 0 Å². The van der Waals surface area contributed by atoms with Gasteiger partial charge in [0.1, 0.15) is 5.69 Å². The molecule has 0 saturated carbocycles. The molecule has 8 heteroatoms. The summed E-state index contributed by atoms with van der Waals surface area (Å²) in [7, 11) is 1.68. The molecule has 0 spiro atoms. The standard InChI is InChI=1S/C38H41N3O5/c1-26(21-36(44)33-22-27(2)40-41(33)3)38(46)39-32(24-30-17-11-6-12-18-30)35(43)25-31(23-29-15-9-5-10-16-29)37(45)34(42)20-19-28-13-7-4-8-14-28/h4-18,22,26,31-32H,19-21,23-25H2,1-3H3,(H,39,46)/t26-,31-,32+/m1/s1. The van der Waals surface area contributed by atoms with Crippen LogP contribution < -0.4 is 5.32 Å². The number of ketones is 4. The number of benzene rings is 3. The van der Waals surface area contributed by atoms with Crippen LogP contribution in [0.25, 0.3) is 0 Å². The maximum atomic E-state index is 13.9. The summed E-state index contributed by atoms with van der Waals surface area (Å²) in [6.45, 7) is 3.44. The third-order valence-corrected chi connectivity index (χ3v) is 8.12. The SMILES string of the molecule is Cc1cc(C(=O)C[C@@H](C)C(=O)N[C@@H](Cc2ccccc2)C(=O)C[C@@H](Cc2ccccc2)C(=O)C(=O)CCc2ccccc2)n(C)n1.